The molecular weight excluding hydrogens is 260 g/mol. The lowest BCUT2D eigenvalue weighted by Gasteiger charge is -2.29. The van der Waals surface area contributed by atoms with Crippen LogP contribution in [0.5, 0.6) is 0 Å². The molecule has 0 aliphatic rings. The van der Waals surface area contributed by atoms with Gasteiger partial charge in [-0.1, -0.05) is 58.0 Å². The number of benzene rings is 1. The summed E-state index contributed by atoms with van der Waals surface area (Å²) in [5, 5.41) is 3.13. The molecule has 1 aromatic carbocycles. The van der Waals surface area contributed by atoms with Gasteiger partial charge in [-0.3, -0.25) is 9.69 Å². The first kappa shape index (κ1) is 17.7. The fraction of sp³-hybridized carbons (Fsp3) is 0.611. The van der Waals surface area contributed by atoms with Gasteiger partial charge in [-0.15, -0.1) is 0 Å². The van der Waals surface area contributed by atoms with E-state index >= 15 is 0 Å². The maximum atomic E-state index is 12.4. The third kappa shape index (κ3) is 5.50. The van der Waals surface area contributed by atoms with Crippen LogP contribution in [0.25, 0.3) is 0 Å². The second kappa shape index (κ2) is 7.60. The van der Waals surface area contributed by atoms with Crippen LogP contribution in [0.1, 0.15) is 39.7 Å². The summed E-state index contributed by atoms with van der Waals surface area (Å²) < 4.78 is 0. The molecule has 118 valence electrons. The van der Waals surface area contributed by atoms with Crippen molar-refractivity contribution in [1.29, 1.82) is 0 Å². The number of rotatable bonds is 7. The van der Waals surface area contributed by atoms with Gasteiger partial charge in [0.05, 0.1) is 6.04 Å². The van der Waals surface area contributed by atoms with E-state index in [1.165, 1.54) is 5.56 Å². The minimum Gasteiger partial charge on any atom is -0.354 e. The van der Waals surface area contributed by atoms with Gasteiger partial charge in [-0.05, 0) is 32.0 Å². The zero-order valence-electron chi connectivity index (χ0n) is 14.3. The highest BCUT2D eigenvalue weighted by Gasteiger charge is 2.25. The van der Waals surface area contributed by atoms with E-state index in [1.54, 1.807) is 0 Å². The summed E-state index contributed by atoms with van der Waals surface area (Å²) in [6.45, 7) is 9.28. The van der Waals surface area contributed by atoms with Gasteiger partial charge in [0.1, 0.15) is 0 Å². The number of carbonyl (C=O) groups excluding carboxylic acids is 1. The molecule has 0 radical (unpaired) electrons. The number of hydrogen-bond acceptors (Lipinski definition) is 2. The molecule has 0 saturated heterocycles. The van der Waals surface area contributed by atoms with Crippen molar-refractivity contribution in [3.05, 3.63) is 35.9 Å². The quantitative estimate of drug-likeness (QED) is 0.837. The summed E-state index contributed by atoms with van der Waals surface area (Å²) in [5.74, 6) is 0.628. The summed E-state index contributed by atoms with van der Waals surface area (Å²) in [6.07, 6.45) is 0.880. The van der Waals surface area contributed by atoms with Crippen LogP contribution in [0.15, 0.2) is 30.3 Å². The normalized spacial score (nSPS) is 13.5. The predicted octanol–water partition coefficient (Wildman–Crippen LogP) is 3.06. The van der Waals surface area contributed by atoms with Crippen LogP contribution in [-0.2, 0) is 10.2 Å². The molecule has 0 heterocycles. The molecular formula is C18H30N2O. The van der Waals surface area contributed by atoms with Crippen LogP contribution in [-0.4, -0.2) is 37.5 Å². The molecule has 0 aliphatic heterocycles. The molecule has 1 atom stereocenters. The standard InChI is InChI=1S/C18H30N2O/c1-14(2)12-16(20(5)6)17(21)19-13-18(3,4)15-10-8-7-9-11-15/h7-11,14,16H,12-13H2,1-6H3,(H,19,21). The first-order valence-electron chi connectivity index (χ1n) is 7.73. The van der Waals surface area contributed by atoms with Crippen LogP contribution in [0.4, 0.5) is 0 Å². The Morgan fingerprint density at radius 1 is 1.19 bits per heavy atom. The molecule has 21 heavy (non-hydrogen) atoms. The van der Waals surface area contributed by atoms with Gasteiger partial charge in [0, 0.05) is 12.0 Å². The highest BCUT2D eigenvalue weighted by molar-refractivity contribution is 5.81. The molecule has 3 heteroatoms. The first-order chi connectivity index (χ1) is 9.74. The van der Waals surface area contributed by atoms with Crippen LogP contribution >= 0.6 is 0 Å². The average molecular weight is 290 g/mol. The second-order valence-corrected chi connectivity index (χ2v) is 7.08. The summed E-state index contributed by atoms with van der Waals surface area (Å²) in [4.78, 5) is 14.5. The first-order valence-corrected chi connectivity index (χ1v) is 7.73. The summed E-state index contributed by atoms with van der Waals surface area (Å²) in [5.41, 5.74) is 1.18. The van der Waals surface area contributed by atoms with Gasteiger partial charge < -0.3 is 5.32 Å². The van der Waals surface area contributed by atoms with Crippen molar-refractivity contribution in [2.45, 2.75) is 45.6 Å². The Morgan fingerprint density at radius 3 is 2.24 bits per heavy atom. The largest absolute Gasteiger partial charge is 0.354 e. The van der Waals surface area contributed by atoms with E-state index in [0.29, 0.717) is 12.5 Å². The van der Waals surface area contributed by atoms with E-state index in [1.807, 2.05) is 37.2 Å². The monoisotopic (exact) mass is 290 g/mol. The van der Waals surface area contributed by atoms with Crippen molar-refractivity contribution in [3.8, 4) is 0 Å². The van der Waals surface area contributed by atoms with E-state index in [0.717, 1.165) is 6.42 Å². The van der Waals surface area contributed by atoms with Crippen molar-refractivity contribution < 1.29 is 4.79 Å². The van der Waals surface area contributed by atoms with E-state index in [2.05, 4.69) is 45.1 Å². The third-order valence-electron chi connectivity index (χ3n) is 3.88. The van der Waals surface area contributed by atoms with Crippen molar-refractivity contribution >= 4 is 5.91 Å². The molecule has 1 aromatic rings. The molecule has 1 unspecified atom stereocenters. The second-order valence-electron chi connectivity index (χ2n) is 7.08. The Hall–Kier alpha value is -1.35. The van der Waals surface area contributed by atoms with Gasteiger partial charge in [0.25, 0.3) is 0 Å². The highest BCUT2D eigenvalue weighted by Crippen LogP contribution is 2.22. The van der Waals surface area contributed by atoms with Crippen molar-refractivity contribution in [2.24, 2.45) is 5.92 Å². The zero-order valence-corrected chi connectivity index (χ0v) is 14.3. The zero-order chi connectivity index (χ0) is 16.0. The molecule has 1 rings (SSSR count). The van der Waals surface area contributed by atoms with Gasteiger partial charge in [0.15, 0.2) is 0 Å². The van der Waals surface area contributed by atoms with Gasteiger partial charge in [-0.25, -0.2) is 0 Å². The fourth-order valence-corrected chi connectivity index (χ4v) is 2.42. The Bertz CT molecular complexity index is 438. The highest BCUT2D eigenvalue weighted by atomic mass is 16.2. The Labute approximate surface area is 129 Å². The minimum absolute atomic E-state index is 0.0587. The van der Waals surface area contributed by atoms with Crippen LogP contribution < -0.4 is 5.32 Å². The summed E-state index contributed by atoms with van der Waals surface area (Å²) in [7, 11) is 3.93. The summed E-state index contributed by atoms with van der Waals surface area (Å²) >= 11 is 0. The Kier molecular flexibility index (Phi) is 6.41. The minimum atomic E-state index is -0.0639. The van der Waals surface area contributed by atoms with Crippen molar-refractivity contribution in [3.63, 3.8) is 0 Å². The van der Waals surface area contributed by atoms with Gasteiger partial charge in [-0.2, -0.15) is 0 Å². The van der Waals surface area contributed by atoms with Crippen LogP contribution in [0.3, 0.4) is 0 Å². The number of carbonyl (C=O) groups is 1. The van der Waals surface area contributed by atoms with Crippen LogP contribution in [0.2, 0.25) is 0 Å². The lowest BCUT2D eigenvalue weighted by Crippen LogP contribution is -2.47. The molecule has 0 bridgehead atoms. The Morgan fingerprint density at radius 2 is 1.76 bits per heavy atom. The number of amides is 1. The molecule has 1 N–H and O–H groups in total. The van der Waals surface area contributed by atoms with Crippen LogP contribution in [0, 0.1) is 5.92 Å². The number of nitrogens with zero attached hydrogens (tertiary/aromatic N) is 1. The lowest BCUT2D eigenvalue weighted by atomic mass is 9.84. The average Bonchev–Trinajstić information content (AvgIpc) is 2.43. The molecule has 3 nitrogen and oxygen atoms in total. The van der Waals surface area contributed by atoms with Gasteiger partial charge >= 0.3 is 0 Å². The number of hydrogen-bond donors (Lipinski definition) is 1. The number of likely N-dealkylation sites (N-methyl/N-ethyl adjacent to an activating group) is 1. The van der Waals surface area contributed by atoms with E-state index in [9.17, 15) is 4.79 Å². The maximum Gasteiger partial charge on any atom is 0.237 e. The number of nitrogens with one attached hydrogen (secondary N) is 1. The Balaban J connectivity index is 2.66. The van der Waals surface area contributed by atoms with E-state index in [4.69, 9.17) is 0 Å². The van der Waals surface area contributed by atoms with E-state index in [-0.39, 0.29) is 17.4 Å². The molecule has 1 amide bonds. The molecule has 0 saturated carbocycles. The third-order valence-corrected chi connectivity index (χ3v) is 3.88. The SMILES string of the molecule is CC(C)CC(C(=O)NCC(C)(C)c1ccccc1)N(C)C. The van der Waals surface area contributed by atoms with Crippen molar-refractivity contribution in [2.75, 3.05) is 20.6 Å². The van der Waals surface area contributed by atoms with Gasteiger partial charge in [0.2, 0.25) is 5.91 Å². The molecule has 0 aromatic heterocycles. The molecule has 0 spiro atoms. The maximum absolute atomic E-state index is 12.4. The van der Waals surface area contributed by atoms with Crippen molar-refractivity contribution in [1.82, 2.24) is 10.2 Å². The smallest absolute Gasteiger partial charge is 0.237 e. The lowest BCUT2D eigenvalue weighted by molar-refractivity contribution is -0.126. The summed E-state index contributed by atoms with van der Waals surface area (Å²) in [6, 6.07) is 10.3. The topological polar surface area (TPSA) is 32.3 Å². The predicted molar refractivity (Wildman–Crippen MR) is 89.4 cm³/mol. The fourth-order valence-electron chi connectivity index (χ4n) is 2.42. The molecule has 0 aliphatic carbocycles. The van der Waals surface area contributed by atoms with E-state index < -0.39 is 0 Å². The molecule has 0 fully saturated rings.